The van der Waals surface area contributed by atoms with Gasteiger partial charge in [-0.1, -0.05) is 51.8 Å². The second kappa shape index (κ2) is 5.78. The lowest BCUT2D eigenvalue weighted by Crippen LogP contribution is -2.53. The first-order chi connectivity index (χ1) is 8.85. The average molecular weight is 396 g/mol. The summed E-state index contributed by atoms with van der Waals surface area (Å²) in [5.41, 5.74) is 1.12. The summed E-state index contributed by atoms with van der Waals surface area (Å²) in [6.45, 7) is 7.01. The van der Waals surface area contributed by atoms with Gasteiger partial charge in [0.25, 0.3) is 0 Å². The van der Waals surface area contributed by atoms with Crippen LogP contribution in [-0.4, -0.2) is 33.6 Å². The Morgan fingerprint density at radius 1 is 1.42 bits per heavy atom. The van der Waals surface area contributed by atoms with Crippen molar-refractivity contribution in [3.05, 3.63) is 11.6 Å². The zero-order valence-electron chi connectivity index (χ0n) is 12.0. The standard InChI is InChI=1S/C15H24Br2O2/c1-14(2)12-5-4-10(9-18)11(8-16)19-15(12,3)7-6-13(14)17/h4,11-13,18H,5-9H2,1-3H3/t11-,12+,13-,15-/m0/s1. The van der Waals surface area contributed by atoms with E-state index in [0.717, 1.165) is 30.2 Å². The number of aliphatic hydroxyl groups excluding tert-OH is 1. The highest BCUT2D eigenvalue weighted by atomic mass is 79.9. The highest BCUT2D eigenvalue weighted by molar-refractivity contribution is 9.09. The summed E-state index contributed by atoms with van der Waals surface area (Å²) >= 11 is 7.37. The number of allylic oxidation sites excluding steroid dienone is 1. The molecule has 1 N–H and O–H groups in total. The molecule has 0 saturated heterocycles. The first kappa shape index (κ1) is 16.0. The van der Waals surface area contributed by atoms with Gasteiger partial charge in [0, 0.05) is 10.2 Å². The molecule has 0 spiro atoms. The summed E-state index contributed by atoms with van der Waals surface area (Å²) in [6, 6.07) is 0. The van der Waals surface area contributed by atoms with Gasteiger partial charge in [0.2, 0.25) is 0 Å². The van der Waals surface area contributed by atoms with E-state index in [1.807, 2.05) is 0 Å². The maximum atomic E-state index is 9.54. The van der Waals surface area contributed by atoms with E-state index in [9.17, 15) is 5.11 Å². The number of aliphatic hydroxyl groups is 1. The van der Waals surface area contributed by atoms with E-state index in [2.05, 4.69) is 58.7 Å². The molecule has 1 fully saturated rings. The van der Waals surface area contributed by atoms with Crippen LogP contribution in [-0.2, 0) is 4.74 Å². The lowest BCUT2D eigenvalue weighted by molar-refractivity contribution is -0.143. The Morgan fingerprint density at radius 2 is 2.11 bits per heavy atom. The molecule has 0 amide bonds. The Hall–Kier alpha value is 0.620. The number of hydrogen-bond acceptors (Lipinski definition) is 2. The molecule has 0 radical (unpaired) electrons. The van der Waals surface area contributed by atoms with Gasteiger partial charge in [-0.05, 0) is 43.1 Å². The van der Waals surface area contributed by atoms with Crippen molar-refractivity contribution in [1.82, 2.24) is 0 Å². The number of rotatable bonds is 2. The molecule has 0 aromatic heterocycles. The van der Waals surface area contributed by atoms with Crippen molar-refractivity contribution in [2.24, 2.45) is 11.3 Å². The Balaban J connectivity index is 2.34. The summed E-state index contributed by atoms with van der Waals surface area (Å²) in [4.78, 5) is 0.535. The summed E-state index contributed by atoms with van der Waals surface area (Å²) in [6.07, 6.45) is 5.42. The minimum absolute atomic E-state index is 0.00248. The molecule has 2 aliphatic rings. The second-order valence-electron chi connectivity index (χ2n) is 6.63. The van der Waals surface area contributed by atoms with Crippen LogP contribution in [0.15, 0.2) is 11.6 Å². The monoisotopic (exact) mass is 394 g/mol. The zero-order valence-corrected chi connectivity index (χ0v) is 15.1. The normalized spacial score (nSPS) is 42.2. The van der Waals surface area contributed by atoms with Crippen LogP contribution in [0.4, 0.5) is 0 Å². The molecular weight excluding hydrogens is 372 g/mol. The van der Waals surface area contributed by atoms with E-state index >= 15 is 0 Å². The Bertz CT molecular complexity index is 367. The predicted molar refractivity (Wildman–Crippen MR) is 86.1 cm³/mol. The second-order valence-corrected chi connectivity index (χ2v) is 8.38. The third kappa shape index (κ3) is 2.83. The number of alkyl halides is 2. The van der Waals surface area contributed by atoms with Crippen LogP contribution in [0.5, 0.6) is 0 Å². The van der Waals surface area contributed by atoms with Crippen LogP contribution in [0.2, 0.25) is 0 Å². The number of ether oxygens (including phenoxy) is 1. The van der Waals surface area contributed by atoms with Gasteiger partial charge in [0.15, 0.2) is 0 Å². The van der Waals surface area contributed by atoms with Crippen molar-refractivity contribution in [2.45, 2.75) is 56.6 Å². The molecule has 19 heavy (non-hydrogen) atoms. The van der Waals surface area contributed by atoms with Crippen LogP contribution in [0.3, 0.4) is 0 Å². The first-order valence-electron chi connectivity index (χ1n) is 7.03. The minimum atomic E-state index is -0.0976. The highest BCUT2D eigenvalue weighted by Gasteiger charge is 2.52. The molecule has 1 heterocycles. The molecule has 2 nitrogen and oxygen atoms in total. The van der Waals surface area contributed by atoms with Crippen LogP contribution in [0, 0.1) is 11.3 Å². The molecule has 0 unspecified atom stereocenters. The lowest BCUT2D eigenvalue weighted by Gasteiger charge is -2.52. The molecule has 1 aliphatic carbocycles. The summed E-state index contributed by atoms with van der Waals surface area (Å²) in [5, 5.41) is 10.3. The molecule has 0 aromatic rings. The lowest BCUT2D eigenvalue weighted by atomic mass is 9.60. The SMILES string of the molecule is CC1(C)[C@H]2CC=C(CO)[C@H](CBr)O[C@@]2(C)CC[C@@H]1Br. The quantitative estimate of drug-likeness (QED) is 0.564. The third-order valence-corrected chi connectivity index (χ3v) is 7.33. The van der Waals surface area contributed by atoms with Crippen molar-refractivity contribution in [1.29, 1.82) is 0 Å². The van der Waals surface area contributed by atoms with Crippen LogP contribution >= 0.6 is 31.9 Å². The van der Waals surface area contributed by atoms with Crippen molar-refractivity contribution in [3.63, 3.8) is 0 Å². The van der Waals surface area contributed by atoms with Gasteiger partial charge in [-0.25, -0.2) is 0 Å². The zero-order chi connectivity index (χ0) is 14.3. The highest BCUT2D eigenvalue weighted by Crippen LogP contribution is 2.53. The van der Waals surface area contributed by atoms with Crippen molar-refractivity contribution >= 4 is 31.9 Å². The van der Waals surface area contributed by atoms with E-state index in [4.69, 9.17) is 4.74 Å². The fourth-order valence-corrected chi connectivity index (χ4v) is 4.85. The molecule has 110 valence electrons. The smallest absolute Gasteiger partial charge is 0.0911 e. The predicted octanol–water partition coefficient (Wildman–Crippen LogP) is 4.05. The van der Waals surface area contributed by atoms with E-state index in [1.165, 1.54) is 0 Å². The fraction of sp³-hybridized carbons (Fsp3) is 0.867. The first-order valence-corrected chi connectivity index (χ1v) is 9.06. The van der Waals surface area contributed by atoms with Crippen molar-refractivity contribution < 1.29 is 9.84 Å². The molecule has 0 aromatic carbocycles. The van der Waals surface area contributed by atoms with Crippen molar-refractivity contribution in [3.8, 4) is 0 Å². The molecule has 1 aliphatic heterocycles. The van der Waals surface area contributed by atoms with Gasteiger partial charge in [-0.15, -0.1) is 0 Å². The molecule has 1 saturated carbocycles. The summed E-state index contributed by atoms with van der Waals surface area (Å²) in [7, 11) is 0. The Kier molecular flexibility index (Phi) is 4.87. The van der Waals surface area contributed by atoms with Crippen LogP contribution in [0.25, 0.3) is 0 Å². The van der Waals surface area contributed by atoms with Gasteiger partial charge in [0.05, 0.1) is 18.3 Å². The Labute approximate surface area is 133 Å². The number of hydrogen-bond donors (Lipinski definition) is 1. The third-order valence-electron chi connectivity index (χ3n) is 5.10. The molecular formula is C15H24Br2O2. The Morgan fingerprint density at radius 3 is 2.68 bits per heavy atom. The summed E-state index contributed by atoms with van der Waals surface area (Å²) < 4.78 is 6.44. The molecule has 2 rings (SSSR count). The fourth-order valence-electron chi connectivity index (χ4n) is 3.76. The minimum Gasteiger partial charge on any atom is -0.392 e. The summed E-state index contributed by atoms with van der Waals surface area (Å²) in [5.74, 6) is 0.476. The molecule has 4 atom stereocenters. The van der Waals surface area contributed by atoms with Gasteiger partial charge in [-0.2, -0.15) is 0 Å². The van der Waals surface area contributed by atoms with Crippen LogP contribution < -0.4 is 0 Å². The largest absolute Gasteiger partial charge is 0.392 e. The van der Waals surface area contributed by atoms with E-state index in [0.29, 0.717) is 10.7 Å². The van der Waals surface area contributed by atoms with E-state index in [1.54, 1.807) is 0 Å². The van der Waals surface area contributed by atoms with E-state index in [-0.39, 0.29) is 23.7 Å². The van der Waals surface area contributed by atoms with Gasteiger partial charge >= 0.3 is 0 Å². The van der Waals surface area contributed by atoms with Crippen molar-refractivity contribution in [2.75, 3.05) is 11.9 Å². The molecule has 0 bridgehead atoms. The van der Waals surface area contributed by atoms with Gasteiger partial charge < -0.3 is 9.84 Å². The van der Waals surface area contributed by atoms with Gasteiger partial charge in [0.1, 0.15) is 0 Å². The van der Waals surface area contributed by atoms with Gasteiger partial charge in [-0.3, -0.25) is 0 Å². The average Bonchev–Trinajstić information content (AvgIpc) is 2.51. The maximum Gasteiger partial charge on any atom is 0.0911 e. The molecule has 4 heteroatoms. The van der Waals surface area contributed by atoms with Crippen LogP contribution in [0.1, 0.15) is 40.0 Å². The number of halogens is 2. The number of fused-ring (bicyclic) bond motifs is 1. The topological polar surface area (TPSA) is 29.5 Å². The van der Waals surface area contributed by atoms with E-state index < -0.39 is 0 Å². The maximum absolute atomic E-state index is 9.54.